The molecule has 0 bridgehead atoms. The zero-order chi connectivity index (χ0) is 14.3. The number of hydrazone groups is 1. The molecule has 0 saturated heterocycles. The van der Waals surface area contributed by atoms with E-state index in [4.69, 9.17) is 5.26 Å². The SMILES string of the molecule is CCCNC(=O)/C(C#N)=N/Nc1cccc(F)c1C. The van der Waals surface area contributed by atoms with Gasteiger partial charge in [0, 0.05) is 12.1 Å². The van der Waals surface area contributed by atoms with E-state index in [1.807, 2.05) is 6.92 Å². The van der Waals surface area contributed by atoms with Gasteiger partial charge in [0.2, 0.25) is 5.71 Å². The van der Waals surface area contributed by atoms with Crippen molar-refractivity contribution >= 4 is 17.3 Å². The van der Waals surface area contributed by atoms with Crippen molar-refractivity contribution in [3.05, 3.63) is 29.6 Å². The van der Waals surface area contributed by atoms with Crippen molar-refractivity contribution in [1.29, 1.82) is 5.26 Å². The zero-order valence-electron chi connectivity index (χ0n) is 10.8. The topological polar surface area (TPSA) is 77.3 Å². The van der Waals surface area contributed by atoms with Crippen molar-refractivity contribution in [3.63, 3.8) is 0 Å². The van der Waals surface area contributed by atoms with Crippen LogP contribution in [0.2, 0.25) is 0 Å². The van der Waals surface area contributed by atoms with Crippen molar-refractivity contribution in [1.82, 2.24) is 5.32 Å². The molecular formula is C13H15FN4O. The quantitative estimate of drug-likeness (QED) is 0.629. The maximum atomic E-state index is 13.3. The van der Waals surface area contributed by atoms with Crippen LogP contribution in [0.25, 0.3) is 0 Å². The molecule has 100 valence electrons. The molecule has 6 heteroatoms. The summed E-state index contributed by atoms with van der Waals surface area (Å²) < 4.78 is 13.3. The van der Waals surface area contributed by atoms with E-state index in [9.17, 15) is 9.18 Å². The molecule has 0 aromatic heterocycles. The molecule has 0 aliphatic rings. The predicted molar refractivity (Wildman–Crippen MR) is 71.1 cm³/mol. The Balaban J connectivity index is 2.81. The van der Waals surface area contributed by atoms with Gasteiger partial charge >= 0.3 is 0 Å². The number of nitrogens with zero attached hydrogens (tertiary/aromatic N) is 2. The van der Waals surface area contributed by atoms with Gasteiger partial charge in [-0.05, 0) is 25.5 Å². The Bertz CT molecular complexity index is 534. The average molecular weight is 262 g/mol. The number of anilines is 1. The second kappa shape index (κ2) is 7.11. The lowest BCUT2D eigenvalue weighted by Gasteiger charge is -2.06. The number of benzene rings is 1. The number of nitriles is 1. The largest absolute Gasteiger partial charge is 0.350 e. The van der Waals surface area contributed by atoms with E-state index in [-0.39, 0.29) is 11.5 Å². The highest BCUT2D eigenvalue weighted by Crippen LogP contribution is 2.17. The minimum Gasteiger partial charge on any atom is -0.350 e. The molecule has 1 amide bonds. The molecule has 19 heavy (non-hydrogen) atoms. The van der Waals surface area contributed by atoms with Gasteiger partial charge in [-0.2, -0.15) is 10.4 Å². The minimum absolute atomic E-state index is 0.294. The van der Waals surface area contributed by atoms with Gasteiger partial charge in [-0.25, -0.2) is 4.39 Å². The summed E-state index contributed by atoms with van der Waals surface area (Å²) >= 11 is 0. The fourth-order valence-electron chi connectivity index (χ4n) is 1.29. The van der Waals surface area contributed by atoms with E-state index in [1.165, 1.54) is 12.1 Å². The Morgan fingerprint density at radius 1 is 1.53 bits per heavy atom. The molecule has 0 atom stereocenters. The van der Waals surface area contributed by atoms with Gasteiger partial charge in [0.25, 0.3) is 5.91 Å². The van der Waals surface area contributed by atoms with Gasteiger partial charge in [-0.3, -0.25) is 10.2 Å². The number of hydrogen-bond acceptors (Lipinski definition) is 4. The average Bonchev–Trinajstić information content (AvgIpc) is 2.41. The summed E-state index contributed by atoms with van der Waals surface area (Å²) in [6.45, 7) is 3.95. The molecule has 0 unspecified atom stereocenters. The Morgan fingerprint density at radius 3 is 2.89 bits per heavy atom. The van der Waals surface area contributed by atoms with Gasteiger partial charge in [0.1, 0.15) is 11.9 Å². The van der Waals surface area contributed by atoms with Crippen molar-refractivity contribution in [2.75, 3.05) is 12.0 Å². The van der Waals surface area contributed by atoms with Crippen LogP contribution in [0.3, 0.4) is 0 Å². The third kappa shape index (κ3) is 4.07. The highest BCUT2D eigenvalue weighted by molar-refractivity contribution is 6.45. The summed E-state index contributed by atoms with van der Waals surface area (Å²) in [6.07, 6.45) is 0.765. The van der Waals surface area contributed by atoms with Gasteiger partial charge in [-0.15, -0.1) is 0 Å². The van der Waals surface area contributed by atoms with Crippen LogP contribution in [-0.4, -0.2) is 18.2 Å². The standard InChI is InChI=1S/C13H15FN4O/c1-3-7-16-13(19)12(8-15)18-17-11-6-4-5-10(14)9(11)2/h4-6,17H,3,7H2,1-2H3,(H,16,19)/b18-12+. The highest BCUT2D eigenvalue weighted by atomic mass is 19.1. The second-order valence-corrected chi connectivity index (χ2v) is 3.85. The molecule has 0 heterocycles. The van der Waals surface area contributed by atoms with Crippen LogP contribution >= 0.6 is 0 Å². The van der Waals surface area contributed by atoms with Crippen LogP contribution in [0.1, 0.15) is 18.9 Å². The molecule has 2 N–H and O–H groups in total. The Kier molecular flexibility index (Phi) is 5.48. The van der Waals surface area contributed by atoms with Crippen LogP contribution in [0, 0.1) is 24.1 Å². The fourth-order valence-corrected chi connectivity index (χ4v) is 1.29. The summed E-state index contributed by atoms with van der Waals surface area (Å²) in [5, 5.41) is 15.1. The molecule has 0 aliphatic carbocycles. The molecule has 1 aromatic rings. The molecule has 0 radical (unpaired) electrons. The molecule has 0 spiro atoms. The van der Waals surface area contributed by atoms with Crippen LogP contribution < -0.4 is 10.7 Å². The maximum Gasteiger partial charge on any atom is 0.282 e. The Labute approximate surface area is 111 Å². The smallest absolute Gasteiger partial charge is 0.282 e. The summed E-state index contributed by atoms with van der Waals surface area (Å²) in [7, 11) is 0. The van der Waals surface area contributed by atoms with Crippen molar-refractivity contribution in [2.24, 2.45) is 5.10 Å². The number of rotatable bonds is 5. The number of amides is 1. The summed E-state index contributed by atoms with van der Waals surface area (Å²) in [5.74, 6) is -0.931. The van der Waals surface area contributed by atoms with Gasteiger partial charge in [0.05, 0.1) is 5.69 Å². The lowest BCUT2D eigenvalue weighted by atomic mass is 10.2. The van der Waals surface area contributed by atoms with Crippen molar-refractivity contribution in [3.8, 4) is 6.07 Å². The number of hydrogen-bond donors (Lipinski definition) is 2. The van der Waals surface area contributed by atoms with Crippen LogP contribution in [0.4, 0.5) is 10.1 Å². The maximum absolute atomic E-state index is 13.3. The molecule has 1 aromatic carbocycles. The van der Waals surface area contributed by atoms with Crippen LogP contribution in [0.15, 0.2) is 23.3 Å². The van der Waals surface area contributed by atoms with Gasteiger partial charge in [-0.1, -0.05) is 13.0 Å². The zero-order valence-corrected chi connectivity index (χ0v) is 10.8. The third-order valence-electron chi connectivity index (χ3n) is 2.41. The Hall–Kier alpha value is -2.42. The first-order valence-corrected chi connectivity index (χ1v) is 5.87. The summed E-state index contributed by atoms with van der Waals surface area (Å²) in [4.78, 5) is 11.5. The lowest BCUT2D eigenvalue weighted by molar-refractivity contribution is -0.114. The van der Waals surface area contributed by atoms with E-state index in [2.05, 4.69) is 15.8 Å². The normalized spacial score (nSPS) is 10.7. The summed E-state index contributed by atoms with van der Waals surface area (Å²) in [5.41, 5.74) is 3.02. The van der Waals surface area contributed by atoms with Crippen molar-refractivity contribution < 1.29 is 9.18 Å². The number of carbonyl (C=O) groups excluding carboxylic acids is 1. The predicted octanol–water partition coefficient (Wildman–Crippen LogP) is 1.95. The van der Waals surface area contributed by atoms with E-state index < -0.39 is 5.91 Å². The first-order valence-electron chi connectivity index (χ1n) is 5.87. The Morgan fingerprint density at radius 2 is 2.26 bits per heavy atom. The van der Waals surface area contributed by atoms with Crippen molar-refractivity contribution in [2.45, 2.75) is 20.3 Å². The second-order valence-electron chi connectivity index (χ2n) is 3.85. The molecule has 1 rings (SSSR count). The number of carbonyl (C=O) groups is 1. The van der Waals surface area contributed by atoms with E-state index in [0.29, 0.717) is 17.8 Å². The summed E-state index contributed by atoms with van der Waals surface area (Å²) in [6, 6.07) is 6.15. The number of halogens is 1. The van der Waals surface area contributed by atoms with Gasteiger partial charge < -0.3 is 5.32 Å². The lowest BCUT2D eigenvalue weighted by Crippen LogP contribution is -2.31. The fraction of sp³-hybridized carbons (Fsp3) is 0.308. The number of nitrogens with one attached hydrogen (secondary N) is 2. The van der Waals surface area contributed by atoms with Crippen LogP contribution in [0.5, 0.6) is 0 Å². The minimum atomic E-state index is -0.550. The first-order chi connectivity index (χ1) is 9.10. The first kappa shape index (κ1) is 14.6. The molecule has 0 saturated carbocycles. The van der Waals surface area contributed by atoms with E-state index in [0.717, 1.165) is 6.42 Å². The van der Waals surface area contributed by atoms with Gasteiger partial charge in [0.15, 0.2) is 0 Å². The molecule has 0 fully saturated rings. The van der Waals surface area contributed by atoms with Crippen LogP contribution in [-0.2, 0) is 4.79 Å². The van der Waals surface area contributed by atoms with E-state index >= 15 is 0 Å². The highest BCUT2D eigenvalue weighted by Gasteiger charge is 2.10. The molecule has 0 aliphatic heterocycles. The molecular weight excluding hydrogens is 247 g/mol. The molecule has 5 nitrogen and oxygen atoms in total. The third-order valence-corrected chi connectivity index (χ3v) is 2.41. The monoisotopic (exact) mass is 262 g/mol. The van der Waals surface area contributed by atoms with E-state index in [1.54, 1.807) is 19.1 Å².